The fraction of sp³-hybridized carbons (Fsp3) is 0.222. The second-order valence-electron chi connectivity index (χ2n) is 1.91. The predicted molar refractivity (Wildman–Crippen MR) is 50.7 cm³/mol. The molecule has 0 radical (unpaired) electrons. The number of hydrogen-bond acceptors (Lipinski definition) is 1. The van der Waals surface area contributed by atoms with Crippen LogP contribution in [0.25, 0.3) is 0 Å². The Morgan fingerprint density at radius 3 is 2.55 bits per heavy atom. The molecule has 0 atom stereocenters. The van der Waals surface area contributed by atoms with Gasteiger partial charge in [0.2, 0.25) is 0 Å². The van der Waals surface area contributed by atoms with Crippen LogP contribution in [0.2, 0.25) is 0 Å². The van der Waals surface area contributed by atoms with Crippen LogP contribution in [0.15, 0.2) is 29.4 Å². The van der Waals surface area contributed by atoms with E-state index in [0.29, 0.717) is 22.9 Å². The summed E-state index contributed by atoms with van der Waals surface area (Å²) < 4.78 is 0. The van der Waals surface area contributed by atoms with Crippen molar-refractivity contribution in [3.8, 4) is 12.3 Å². The number of nitrogens with zero attached hydrogens (tertiary/aromatic N) is 1. The van der Waals surface area contributed by atoms with Crippen molar-refractivity contribution in [2.45, 2.75) is 13.3 Å². The Hall–Kier alpha value is -1.00. The molecule has 0 spiro atoms. The second kappa shape index (κ2) is 4.76. The quantitative estimate of drug-likeness (QED) is 0.348. The van der Waals surface area contributed by atoms with Crippen molar-refractivity contribution in [3.05, 3.63) is 24.4 Å². The van der Waals surface area contributed by atoms with Gasteiger partial charge in [-0.25, -0.2) is 4.99 Å². The van der Waals surface area contributed by atoms with Gasteiger partial charge in [0.1, 0.15) is 5.17 Å². The van der Waals surface area contributed by atoms with Crippen LogP contribution in [0, 0.1) is 12.3 Å². The van der Waals surface area contributed by atoms with Crippen molar-refractivity contribution < 1.29 is 0 Å². The smallest absolute Gasteiger partial charge is 0.106 e. The molecule has 0 rings (SSSR count). The molecule has 0 aromatic rings. The zero-order valence-corrected chi connectivity index (χ0v) is 7.28. The van der Waals surface area contributed by atoms with Crippen LogP contribution in [0.3, 0.4) is 0 Å². The van der Waals surface area contributed by atoms with Gasteiger partial charge in [0.25, 0.3) is 0 Å². The van der Waals surface area contributed by atoms with E-state index in [9.17, 15) is 0 Å². The molecule has 0 aliphatic carbocycles. The summed E-state index contributed by atoms with van der Waals surface area (Å²) in [6.45, 7) is 9.06. The molecule has 11 heavy (non-hydrogen) atoms. The molecule has 0 unspecified atom stereocenters. The van der Waals surface area contributed by atoms with Crippen LogP contribution in [0.1, 0.15) is 13.3 Å². The Balaban J connectivity index is 4.32. The Morgan fingerprint density at radius 1 is 1.64 bits per heavy atom. The first-order chi connectivity index (χ1) is 5.11. The maximum Gasteiger partial charge on any atom is 0.106 e. The van der Waals surface area contributed by atoms with E-state index in [1.165, 1.54) is 0 Å². The first kappa shape index (κ1) is 10.0. The average Bonchev–Trinajstić information content (AvgIpc) is 2.02. The van der Waals surface area contributed by atoms with Gasteiger partial charge in [0, 0.05) is 5.57 Å². The molecule has 0 N–H and O–H groups in total. The highest BCUT2D eigenvalue weighted by molar-refractivity contribution is 6.65. The predicted octanol–water partition coefficient (Wildman–Crippen LogP) is 2.74. The number of rotatable bonds is 3. The lowest BCUT2D eigenvalue weighted by atomic mass is 10.2. The van der Waals surface area contributed by atoms with E-state index < -0.39 is 0 Å². The Kier molecular flexibility index (Phi) is 4.33. The topological polar surface area (TPSA) is 12.4 Å². The normalized spacial score (nSPS) is 10.5. The second-order valence-corrected chi connectivity index (χ2v) is 2.35. The lowest BCUT2D eigenvalue weighted by molar-refractivity contribution is 1.27. The summed E-state index contributed by atoms with van der Waals surface area (Å²) in [6, 6.07) is 0. The summed E-state index contributed by atoms with van der Waals surface area (Å²) in [7, 11) is 0. The molecule has 1 nitrogen and oxygen atoms in total. The molecule has 0 saturated carbocycles. The highest BCUT2D eigenvalue weighted by Crippen LogP contribution is 2.07. The fourth-order valence-corrected chi connectivity index (χ4v) is 0.478. The molecule has 58 valence electrons. The zero-order valence-electron chi connectivity index (χ0n) is 6.52. The van der Waals surface area contributed by atoms with Crippen molar-refractivity contribution in [1.29, 1.82) is 0 Å². The first-order valence-electron chi connectivity index (χ1n) is 3.19. The lowest BCUT2D eigenvalue weighted by Crippen LogP contribution is -1.86. The minimum absolute atomic E-state index is 0.458. The van der Waals surface area contributed by atoms with Crippen molar-refractivity contribution in [3.63, 3.8) is 0 Å². The third kappa shape index (κ3) is 3.64. The molecule has 0 aliphatic heterocycles. The summed E-state index contributed by atoms with van der Waals surface area (Å²) in [5, 5.41) is 0.492. The molecular formula is C9H10ClN. The van der Waals surface area contributed by atoms with Gasteiger partial charge >= 0.3 is 0 Å². The fourth-order valence-electron chi connectivity index (χ4n) is 0.376. The van der Waals surface area contributed by atoms with Gasteiger partial charge in [-0.2, -0.15) is 0 Å². The lowest BCUT2D eigenvalue weighted by Gasteiger charge is -1.96. The molecule has 0 amide bonds. The summed E-state index contributed by atoms with van der Waals surface area (Å²) in [5.41, 5.74) is 0.927. The molecule has 0 saturated heterocycles. The Morgan fingerprint density at radius 2 is 2.18 bits per heavy atom. The summed E-state index contributed by atoms with van der Waals surface area (Å²) >= 11 is 5.64. The molecule has 0 aromatic heterocycles. The maximum absolute atomic E-state index is 5.64. The van der Waals surface area contributed by atoms with E-state index in [4.69, 9.17) is 18.0 Å². The number of terminal acetylenes is 1. The van der Waals surface area contributed by atoms with E-state index in [1.807, 2.05) is 6.92 Å². The monoisotopic (exact) mass is 167 g/mol. The van der Waals surface area contributed by atoms with Gasteiger partial charge in [-0.15, -0.1) is 6.42 Å². The van der Waals surface area contributed by atoms with Gasteiger partial charge in [0.05, 0.1) is 5.70 Å². The van der Waals surface area contributed by atoms with Crippen LogP contribution >= 0.6 is 11.6 Å². The molecule has 0 fully saturated rings. The van der Waals surface area contributed by atoms with Gasteiger partial charge in [-0.3, -0.25) is 0 Å². The van der Waals surface area contributed by atoms with E-state index in [2.05, 4.69) is 24.1 Å². The minimum Gasteiger partial charge on any atom is -0.241 e. The van der Waals surface area contributed by atoms with Crippen LogP contribution in [0.4, 0.5) is 0 Å². The highest BCUT2D eigenvalue weighted by atomic mass is 35.5. The zero-order chi connectivity index (χ0) is 8.85. The number of aliphatic imine (C=N–C) groups is 1. The third-order valence-electron chi connectivity index (χ3n) is 1.07. The SMILES string of the molecule is C#CC(=C)C(=C)N=C(Cl)CC. The Bertz CT molecular complexity index is 243. The van der Waals surface area contributed by atoms with Crippen LogP contribution in [-0.2, 0) is 0 Å². The van der Waals surface area contributed by atoms with Crippen molar-refractivity contribution >= 4 is 16.8 Å². The van der Waals surface area contributed by atoms with E-state index in [1.54, 1.807) is 0 Å². The molecule has 0 bridgehead atoms. The molecular weight excluding hydrogens is 158 g/mol. The summed E-state index contributed by atoms with van der Waals surface area (Å²) in [4.78, 5) is 3.91. The number of halogens is 1. The average molecular weight is 168 g/mol. The van der Waals surface area contributed by atoms with Gasteiger partial charge < -0.3 is 0 Å². The number of hydrogen-bond donors (Lipinski definition) is 0. The third-order valence-corrected chi connectivity index (χ3v) is 1.42. The van der Waals surface area contributed by atoms with Crippen molar-refractivity contribution in [1.82, 2.24) is 0 Å². The molecule has 0 aliphatic rings. The highest BCUT2D eigenvalue weighted by Gasteiger charge is 1.94. The molecule has 0 aromatic carbocycles. The molecule has 0 heterocycles. The van der Waals surface area contributed by atoms with E-state index >= 15 is 0 Å². The maximum atomic E-state index is 5.64. The van der Waals surface area contributed by atoms with E-state index in [-0.39, 0.29) is 0 Å². The van der Waals surface area contributed by atoms with Crippen molar-refractivity contribution in [2.24, 2.45) is 4.99 Å². The molecule has 2 heteroatoms. The largest absolute Gasteiger partial charge is 0.241 e. The number of allylic oxidation sites excluding steroid dienone is 1. The van der Waals surface area contributed by atoms with Gasteiger partial charge in [-0.1, -0.05) is 37.6 Å². The van der Waals surface area contributed by atoms with Gasteiger partial charge in [0.15, 0.2) is 0 Å². The minimum atomic E-state index is 0.458. The standard InChI is InChI=1S/C9H10ClN/c1-5-7(3)8(4)11-9(10)6-2/h1H,3-4,6H2,2H3. The summed E-state index contributed by atoms with van der Waals surface area (Å²) in [6.07, 6.45) is 5.75. The van der Waals surface area contributed by atoms with Crippen LogP contribution < -0.4 is 0 Å². The van der Waals surface area contributed by atoms with Crippen molar-refractivity contribution in [2.75, 3.05) is 0 Å². The first-order valence-corrected chi connectivity index (χ1v) is 3.57. The van der Waals surface area contributed by atoms with Crippen LogP contribution in [-0.4, -0.2) is 5.17 Å². The van der Waals surface area contributed by atoms with E-state index in [0.717, 1.165) is 0 Å². The van der Waals surface area contributed by atoms with Crippen LogP contribution in [0.5, 0.6) is 0 Å². The Labute approximate surface area is 72.5 Å². The summed E-state index contributed by atoms with van der Waals surface area (Å²) in [5.74, 6) is 2.33. The van der Waals surface area contributed by atoms with Gasteiger partial charge in [-0.05, 0) is 6.42 Å².